The molecule has 1 fully saturated rings. The van der Waals surface area contributed by atoms with Gasteiger partial charge in [0, 0.05) is 29.4 Å². The Morgan fingerprint density at radius 2 is 2.11 bits per heavy atom. The standard InChI is InChI=1S/C15H23N3/c1-9-5-10(9)14-17-8-11-12(16-4)6-15(2,3)7-13(11)18-14/h8-10,12,16H,5-7H2,1-4H3. The zero-order valence-corrected chi connectivity index (χ0v) is 11.8. The van der Waals surface area contributed by atoms with Crippen molar-refractivity contribution in [1.29, 1.82) is 0 Å². The van der Waals surface area contributed by atoms with E-state index in [-0.39, 0.29) is 0 Å². The predicted octanol–water partition coefficient (Wildman–Crippen LogP) is 2.83. The van der Waals surface area contributed by atoms with Crippen LogP contribution >= 0.6 is 0 Å². The van der Waals surface area contributed by atoms with Gasteiger partial charge in [-0.15, -0.1) is 0 Å². The lowest BCUT2D eigenvalue weighted by atomic mass is 9.74. The molecular formula is C15H23N3. The van der Waals surface area contributed by atoms with Gasteiger partial charge in [-0.3, -0.25) is 0 Å². The predicted molar refractivity (Wildman–Crippen MR) is 72.5 cm³/mol. The Balaban J connectivity index is 1.96. The summed E-state index contributed by atoms with van der Waals surface area (Å²) in [7, 11) is 2.03. The van der Waals surface area contributed by atoms with Crippen molar-refractivity contribution < 1.29 is 0 Å². The maximum atomic E-state index is 4.87. The molecule has 0 radical (unpaired) electrons. The van der Waals surface area contributed by atoms with Crippen LogP contribution in [0.25, 0.3) is 0 Å². The fraction of sp³-hybridized carbons (Fsp3) is 0.733. The lowest BCUT2D eigenvalue weighted by Crippen LogP contribution is -2.32. The van der Waals surface area contributed by atoms with Gasteiger partial charge >= 0.3 is 0 Å². The first-order valence-corrected chi connectivity index (χ1v) is 7.03. The quantitative estimate of drug-likeness (QED) is 0.870. The van der Waals surface area contributed by atoms with Gasteiger partial charge in [-0.1, -0.05) is 20.8 Å². The number of rotatable bonds is 2. The Labute approximate surface area is 109 Å². The number of hydrogen-bond donors (Lipinski definition) is 1. The fourth-order valence-corrected chi connectivity index (χ4v) is 3.18. The van der Waals surface area contributed by atoms with Gasteiger partial charge in [-0.25, -0.2) is 9.97 Å². The highest BCUT2D eigenvalue weighted by molar-refractivity contribution is 5.28. The molecule has 2 aliphatic rings. The number of nitrogens with one attached hydrogen (secondary N) is 1. The van der Waals surface area contributed by atoms with Gasteiger partial charge in [0.25, 0.3) is 0 Å². The molecule has 98 valence electrons. The van der Waals surface area contributed by atoms with Crippen LogP contribution in [0.1, 0.15) is 62.7 Å². The van der Waals surface area contributed by atoms with Gasteiger partial charge in [-0.2, -0.15) is 0 Å². The number of hydrogen-bond acceptors (Lipinski definition) is 3. The van der Waals surface area contributed by atoms with Gasteiger partial charge < -0.3 is 5.32 Å². The first kappa shape index (κ1) is 12.1. The van der Waals surface area contributed by atoms with E-state index in [0.717, 1.165) is 18.2 Å². The molecule has 3 heteroatoms. The molecule has 2 aliphatic carbocycles. The van der Waals surface area contributed by atoms with Gasteiger partial charge in [0.2, 0.25) is 0 Å². The summed E-state index contributed by atoms with van der Waals surface area (Å²) in [6, 6.07) is 0.412. The van der Waals surface area contributed by atoms with Gasteiger partial charge in [0.05, 0.1) is 0 Å². The van der Waals surface area contributed by atoms with Crippen molar-refractivity contribution in [1.82, 2.24) is 15.3 Å². The lowest BCUT2D eigenvalue weighted by Gasteiger charge is -2.36. The summed E-state index contributed by atoms with van der Waals surface area (Å²) < 4.78 is 0. The zero-order chi connectivity index (χ0) is 12.9. The summed E-state index contributed by atoms with van der Waals surface area (Å²) in [6.07, 6.45) is 5.58. The van der Waals surface area contributed by atoms with E-state index < -0.39 is 0 Å². The molecule has 0 amide bonds. The highest BCUT2D eigenvalue weighted by Crippen LogP contribution is 2.46. The van der Waals surface area contributed by atoms with Crippen LogP contribution in [0, 0.1) is 11.3 Å². The Morgan fingerprint density at radius 3 is 2.72 bits per heavy atom. The third kappa shape index (κ3) is 2.05. The summed E-state index contributed by atoms with van der Waals surface area (Å²) >= 11 is 0. The molecule has 0 aliphatic heterocycles. The van der Waals surface area contributed by atoms with Crippen molar-refractivity contribution in [3.63, 3.8) is 0 Å². The van der Waals surface area contributed by atoms with Crippen LogP contribution in [-0.4, -0.2) is 17.0 Å². The zero-order valence-electron chi connectivity index (χ0n) is 11.8. The van der Waals surface area contributed by atoms with Crippen LogP contribution < -0.4 is 5.32 Å². The molecule has 0 aromatic carbocycles. The van der Waals surface area contributed by atoms with Crippen LogP contribution in [-0.2, 0) is 6.42 Å². The molecule has 3 atom stereocenters. The van der Waals surface area contributed by atoms with E-state index in [0.29, 0.717) is 17.4 Å². The number of fused-ring (bicyclic) bond motifs is 1. The Morgan fingerprint density at radius 1 is 1.39 bits per heavy atom. The molecule has 3 nitrogen and oxygen atoms in total. The smallest absolute Gasteiger partial charge is 0.131 e. The third-order valence-corrected chi connectivity index (χ3v) is 4.49. The molecule has 1 aromatic rings. The average Bonchev–Trinajstić information content (AvgIpc) is 3.03. The van der Waals surface area contributed by atoms with Crippen LogP contribution in [0.4, 0.5) is 0 Å². The van der Waals surface area contributed by atoms with Gasteiger partial charge in [-0.05, 0) is 37.6 Å². The molecule has 3 rings (SSSR count). The van der Waals surface area contributed by atoms with Crippen molar-refractivity contribution in [2.45, 2.75) is 52.0 Å². The van der Waals surface area contributed by atoms with Crippen LogP contribution in [0.15, 0.2) is 6.20 Å². The monoisotopic (exact) mass is 245 g/mol. The van der Waals surface area contributed by atoms with E-state index in [4.69, 9.17) is 4.98 Å². The number of nitrogens with zero attached hydrogens (tertiary/aromatic N) is 2. The van der Waals surface area contributed by atoms with Gasteiger partial charge in [0.1, 0.15) is 5.82 Å². The van der Waals surface area contributed by atoms with E-state index in [1.54, 1.807) is 0 Å². The minimum atomic E-state index is 0.335. The molecule has 1 heterocycles. The van der Waals surface area contributed by atoms with Crippen molar-refractivity contribution in [2.24, 2.45) is 11.3 Å². The maximum absolute atomic E-state index is 4.87. The van der Waals surface area contributed by atoms with Crippen molar-refractivity contribution >= 4 is 0 Å². The Bertz CT molecular complexity index is 467. The molecule has 0 saturated heterocycles. The second kappa shape index (κ2) is 4.02. The average molecular weight is 245 g/mol. The molecule has 1 aromatic heterocycles. The van der Waals surface area contributed by atoms with E-state index in [2.05, 4.69) is 37.3 Å². The minimum Gasteiger partial charge on any atom is -0.313 e. The highest BCUT2D eigenvalue weighted by Gasteiger charge is 2.38. The largest absolute Gasteiger partial charge is 0.313 e. The summed E-state index contributed by atoms with van der Waals surface area (Å²) in [5.74, 6) is 2.47. The van der Waals surface area contributed by atoms with E-state index >= 15 is 0 Å². The first-order chi connectivity index (χ1) is 8.50. The third-order valence-electron chi connectivity index (χ3n) is 4.49. The topological polar surface area (TPSA) is 37.8 Å². The van der Waals surface area contributed by atoms with Gasteiger partial charge in [0.15, 0.2) is 0 Å². The maximum Gasteiger partial charge on any atom is 0.131 e. The van der Waals surface area contributed by atoms with Crippen molar-refractivity contribution in [2.75, 3.05) is 7.05 Å². The van der Waals surface area contributed by atoms with E-state index in [1.165, 1.54) is 24.1 Å². The molecule has 3 unspecified atom stereocenters. The lowest BCUT2D eigenvalue weighted by molar-refractivity contribution is 0.259. The number of aromatic nitrogens is 2. The molecule has 0 bridgehead atoms. The Hall–Kier alpha value is -0.960. The second-order valence-electron chi connectivity index (χ2n) is 6.84. The van der Waals surface area contributed by atoms with E-state index in [9.17, 15) is 0 Å². The summed E-state index contributed by atoms with van der Waals surface area (Å²) in [5.41, 5.74) is 2.92. The molecular weight excluding hydrogens is 222 g/mol. The normalized spacial score (nSPS) is 33.0. The molecule has 0 spiro atoms. The minimum absolute atomic E-state index is 0.335. The van der Waals surface area contributed by atoms with E-state index in [1.807, 2.05) is 7.05 Å². The SMILES string of the molecule is CNC1CC(C)(C)Cc2nc(C3CC3C)ncc21. The second-order valence-corrected chi connectivity index (χ2v) is 6.84. The van der Waals surface area contributed by atoms with Crippen molar-refractivity contribution in [3.8, 4) is 0 Å². The van der Waals surface area contributed by atoms with Crippen LogP contribution in [0.5, 0.6) is 0 Å². The summed E-state index contributed by atoms with van der Waals surface area (Å²) in [6.45, 7) is 6.96. The molecule has 18 heavy (non-hydrogen) atoms. The summed E-state index contributed by atoms with van der Waals surface area (Å²) in [4.78, 5) is 9.47. The van der Waals surface area contributed by atoms with Crippen LogP contribution in [0.3, 0.4) is 0 Å². The van der Waals surface area contributed by atoms with Crippen molar-refractivity contribution in [3.05, 3.63) is 23.3 Å². The fourth-order valence-electron chi connectivity index (χ4n) is 3.18. The highest BCUT2D eigenvalue weighted by atomic mass is 14.9. The molecule has 1 N–H and O–H groups in total. The first-order valence-electron chi connectivity index (χ1n) is 7.03. The van der Waals surface area contributed by atoms with Crippen LogP contribution in [0.2, 0.25) is 0 Å². The Kier molecular flexibility index (Phi) is 2.70. The summed E-state index contributed by atoms with van der Waals surface area (Å²) in [5, 5.41) is 3.41. The molecule has 1 saturated carbocycles.